The van der Waals surface area contributed by atoms with Crippen molar-refractivity contribution in [3.8, 4) is 0 Å². The Morgan fingerprint density at radius 3 is 2.68 bits per heavy atom. The molecule has 1 rings (SSSR count). The van der Waals surface area contributed by atoms with Crippen molar-refractivity contribution >= 4 is 5.84 Å². The van der Waals surface area contributed by atoms with Gasteiger partial charge in [-0.2, -0.15) is 13.2 Å². The molecule has 1 aromatic heterocycles. The molecule has 1 aromatic rings. The van der Waals surface area contributed by atoms with Crippen molar-refractivity contribution in [3.63, 3.8) is 0 Å². The SMILES string of the molecule is CN(Cc1nccn1C)CC(/C(N)=N/O)C(F)(F)F. The van der Waals surface area contributed by atoms with Gasteiger partial charge in [0.1, 0.15) is 11.7 Å². The maximum absolute atomic E-state index is 12.8. The lowest BCUT2D eigenvalue weighted by Crippen LogP contribution is -2.43. The van der Waals surface area contributed by atoms with Gasteiger partial charge in [0.15, 0.2) is 5.84 Å². The molecule has 108 valence electrons. The van der Waals surface area contributed by atoms with Crippen LogP contribution in [0.4, 0.5) is 13.2 Å². The van der Waals surface area contributed by atoms with Crippen molar-refractivity contribution in [1.29, 1.82) is 0 Å². The van der Waals surface area contributed by atoms with E-state index < -0.39 is 24.5 Å². The Balaban J connectivity index is 2.72. The van der Waals surface area contributed by atoms with Crippen LogP contribution in [-0.2, 0) is 13.6 Å². The predicted octanol–water partition coefficient (Wildman–Crippen LogP) is 0.777. The normalized spacial score (nSPS) is 14.9. The third-order valence-corrected chi connectivity index (χ3v) is 2.69. The van der Waals surface area contributed by atoms with E-state index in [0.717, 1.165) is 0 Å². The second kappa shape index (κ2) is 5.91. The maximum atomic E-state index is 12.8. The van der Waals surface area contributed by atoms with Crippen LogP contribution in [0.5, 0.6) is 0 Å². The van der Waals surface area contributed by atoms with Gasteiger partial charge >= 0.3 is 6.18 Å². The van der Waals surface area contributed by atoms with Crippen LogP contribution < -0.4 is 5.73 Å². The molecule has 1 heterocycles. The molecule has 6 nitrogen and oxygen atoms in total. The van der Waals surface area contributed by atoms with Gasteiger partial charge < -0.3 is 15.5 Å². The minimum Gasteiger partial charge on any atom is -0.409 e. The molecule has 19 heavy (non-hydrogen) atoms. The number of oxime groups is 1. The van der Waals surface area contributed by atoms with Crippen LogP contribution in [0.15, 0.2) is 17.5 Å². The Bertz CT molecular complexity index is 443. The molecule has 3 N–H and O–H groups in total. The highest BCUT2D eigenvalue weighted by Gasteiger charge is 2.43. The third-order valence-electron chi connectivity index (χ3n) is 2.69. The largest absolute Gasteiger partial charge is 0.409 e. The summed E-state index contributed by atoms with van der Waals surface area (Å²) in [4.78, 5) is 5.43. The molecule has 0 saturated carbocycles. The molecule has 0 amide bonds. The fourth-order valence-corrected chi connectivity index (χ4v) is 1.60. The number of halogens is 3. The van der Waals surface area contributed by atoms with E-state index in [0.29, 0.717) is 5.82 Å². The first kappa shape index (κ1) is 15.3. The quantitative estimate of drug-likeness (QED) is 0.361. The molecule has 0 fully saturated rings. The lowest BCUT2D eigenvalue weighted by atomic mass is 10.1. The Morgan fingerprint density at radius 2 is 2.26 bits per heavy atom. The number of alkyl halides is 3. The van der Waals surface area contributed by atoms with Crippen LogP contribution in [0.3, 0.4) is 0 Å². The van der Waals surface area contributed by atoms with Gasteiger partial charge in [0.05, 0.1) is 6.54 Å². The van der Waals surface area contributed by atoms with Crippen molar-refractivity contribution in [2.45, 2.75) is 12.7 Å². The molecular formula is C10H16F3N5O. The van der Waals surface area contributed by atoms with Gasteiger partial charge in [0.25, 0.3) is 0 Å². The summed E-state index contributed by atoms with van der Waals surface area (Å²) in [7, 11) is 3.26. The first-order valence-corrected chi connectivity index (χ1v) is 5.44. The lowest BCUT2D eigenvalue weighted by molar-refractivity contribution is -0.159. The topological polar surface area (TPSA) is 79.7 Å². The molecule has 0 radical (unpaired) electrons. The highest BCUT2D eigenvalue weighted by atomic mass is 19.4. The van der Waals surface area contributed by atoms with Gasteiger partial charge in [0, 0.05) is 26.0 Å². The summed E-state index contributed by atoms with van der Waals surface area (Å²) in [6, 6.07) is 0. The maximum Gasteiger partial charge on any atom is 0.400 e. The first-order chi connectivity index (χ1) is 8.75. The monoisotopic (exact) mass is 279 g/mol. The van der Waals surface area contributed by atoms with E-state index in [1.165, 1.54) is 11.9 Å². The number of aromatic nitrogens is 2. The summed E-state index contributed by atoms with van der Waals surface area (Å²) in [6.45, 7) is -0.180. The molecule has 9 heteroatoms. The van der Waals surface area contributed by atoms with Crippen molar-refractivity contribution < 1.29 is 18.4 Å². The van der Waals surface area contributed by atoms with E-state index >= 15 is 0 Å². The van der Waals surface area contributed by atoms with Gasteiger partial charge in [-0.15, -0.1) is 0 Å². The standard InChI is InChI=1S/C10H16F3N5O/c1-17(6-8-15-3-4-18(8)2)5-7(9(14)16-19)10(11,12)13/h3-4,7,19H,5-6H2,1-2H3,(H2,14,16). The Labute approximate surface area is 108 Å². The number of nitrogens with two attached hydrogens (primary N) is 1. The summed E-state index contributed by atoms with van der Waals surface area (Å²) >= 11 is 0. The summed E-state index contributed by atoms with van der Waals surface area (Å²) in [5.41, 5.74) is 5.09. The predicted molar refractivity (Wildman–Crippen MR) is 62.5 cm³/mol. The van der Waals surface area contributed by atoms with Gasteiger partial charge in [-0.25, -0.2) is 4.98 Å². The number of rotatable bonds is 5. The highest BCUT2D eigenvalue weighted by Crippen LogP contribution is 2.27. The van der Waals surface area contributed by atoms with E-state index in [9.17, 15) is 13.2 Å². The highest BCUT2D eigenvalue weighted by molar-refractivity contribution is 5.83. The van der Waals surface area contributed by atoms with E-state index in [2.05, 4.69) is 10.1 Å². The first-order valence-electron chi connectivity index (χ1n) is 5.44. The zero-order chi connectivity index (χ0) is 14.6. The minimum atomic E-state index is -4.56. The molecule has 1 atom stereocenters. The van der Waals surface area contributed by atoms with Crippen molar-refractivity contribution in [3.05, 3.63) is 18.2 Å². The van der Waals surface area contributed by atoms with Gasteiger partial charge in [-0.1, -0.05) is 5.16 Å². The van der Waals surface area contributed by atoms with Crippen LogP contribution >= 0.6 is 0 Å². The molecule has 0 saturated heterocycles. The van der Waals surface area contributed by atoms with Crippen molar-refractivity contribution in [1.82, 2.24) is 14.5 Å². The second-order valence-corrected chi connectivity index (χ2v) is 4.27. The summed E-state index contributed by atoms with van der Waals surface area (Å²) in [5.74, 6) is -2.23. The van der Waals surface area contributed by atoms with Crippen LogP contribution in [-0.4, -0.2) is 45.3 Å². The Morgan fingerprint density at radius 1 is 1.63 bits per heavy atom. The van der Waals surface area contributed by atoms with Gasteiger partial charge in [-0.3, -0.25) is 4.90 Å². The van der Waals surface area contributed by atoms with E-state index in [1.807, 2.05) is 0 Å². The zero-order valence-electron chi connectivity index (χ0n) is 10.6. The Kier molecular flexibility index (Phi) is 4.76. The minimum absolute atomic E-state index is 0.231. The van der Waals surface area contributed by atoms with Crippen LogP contribution in [0, 0.1) is 5.92 Å². The molecule has 0 aliphatic carbocycles. The summed E-state index contributed by atoms with van der Waals surface area (Å²) < 4.78 is 40.0. The van der Waals surface area contributed by atoms with E-state index in [4.69, 9.17) is 10.9 Å². The van der Waals surface area contributed by atoms with Crippen molar-refractivity contribution in [2.75, 3.05) is 13.6 Å². The fourth-order valence-electron chi connectivity index (χ4n) is 1.60. The molecule has 0 aliphatic heterocycles. The molecule has 0 aliphatic rings. The zero-order valence-corrected chi connectivity index (χ0v) is 10.6. The van der Waals surface area contributed by atoms with E-state index in [1.54, 1.807) is 24.0 Å². The number of imidazole rings is 1. The summed E-state index contributed by atoms with van der Waals surface area (Å²) in [5, 5.41) is 10.9. The Hall–Kier alpha value is -1.77. The molecule has 0 spiro atoms. The molecule has 0 bridgehead atoms. The van der Waals surface area contributed by atoms with Crippen LogP contribution in [0.2, 0.25) is 0 Å². The number of nitrogens with zero attached hydrogens (tertiary/aromatic N) is 4. The van der Waals surface area contributed by atoms with Gasteiger partial charge in [0.2, 0.25) is 0 Å². The average molecular weight is 279 g/mol. The number of aryl methyl sites for hydroxylation is 1. The molecule has 0 aromatic carbocycles. The second-order valence-electron chi connectivity index (χ2n) is 4.27. The number of amidine groups is 1. The number of hydrogen-bond donors (Lipinski definition) is 2. The molecular weight excluding hydrogens is 263 g/mol. The third kappa shape index (κ3) is 4.12. The molecule has 1 unspecified atom stereocenters. The van der Waals surface area contributed by atoms with Crippen LogP contribution in [0.1, 0.15) is 5.82 Å². The van der Waals surface area contributed by atoms with E-state index in [-0.39, 0.29) is 6.54 Å². The van der Waals surface area contributed by atoms with Crippen LogP contribution in [0.25, 0.3) is 0 Å². The van der Waals surface area contributed by atoms with Crippen molar-refractivity contribution in [2.24, 2.45) is 23.9 Å². The smallest absolute Gasteiger partial charge is 0.400 e. The summed E-state index contributed by atoms with van der Waals surface area (Å²) in [6.07, 6.45) is -1.30. The lowest BCUT2D eigenvalue weighted by Gasteiger charge is -2.24. The average Bonchev–Trinajstić information content (AvgIpc) is 2.69. The van der Waals surface area contributed by atoms with Gasteiger partial charge in [-0.05, 0) is 7.05 Å². The number of hydrogen-bond acceptors (Lipinski definition) is 4. The fraction of sp³-hybridized carbons (Fsp3) is 0.600.